The van der Waals surface area contributed by atoms with Crippen molar-refractivity contribution in [2.75, 3.05) is 16.8 Å². The summed E-state index contributed by atoms with van der Waals surface area (Å²) in [7, 11) is 0. The predicted molar refractivity (Wildman–Crippen MR) is 86.6 cm³/mol. The van der Waals surface area contributed by atoms with Crippen LogP contribution >= 0.6 is 35.0 Å². The molecule has 2 aromatic carbocycles. The summed E-state index contributed by atoms with van der Waals surface area (Å²) in [6.07, 6.45) is 0. The maximum absolute atomic E-state index is 13.6. The standard InChI is InChI=1S/C14H11Cl2FN2OS/c15-8-4-5-12(10(17)6-8)19-13(20)7-21-14-9(16)2-1-3-11(14)18/h1-6H,7,18H2,(H,19,20). The van der Waals surface area contributed by atoms with E-state index in [1.54, 1.807) is 18.2 Å². The Labute approximate surface area is 135 Å². The lowest BCUT2D eigenvalue weighted by molar-refractivity contribution is -0.113. The summed E-state index contributed by atoms with van der Waals surface area (Å²) in [6.45, 7) is 0. The van der Waals surface area contributed by atoms with E-state index < -0.39 is 5.82 Å². The zero-order valence-electron chi connectivity index (χ0n) is 10.7. The number of nitrogens with two attached hydrogens (primary N) is 1. The van der Waals surface area contributed by atoms with Gasteiger partial charge in [0.05, 0.1) is 16.5 Å². The summed E-state index contributed by atoms with van der Waals surface area (Å²) in [6, 6.07) is 9.16. The molecule has 0 atom stereocenters. The van der Waals surface area contributed by atoms with Gasteiger partial charge in [-0.15, -0.1) is 11.8 Å². The SMILES string of the molecule is Nc1cccc(Cl)c1SCC(=O)Nc1ccc(Cl)cc1F. The van der Waals surface area contributed by atoms with Crippen molar-refractivity contribution in [3.63, 3.8) is 0 Å². The number of thioether (sulfide) groups is 1. The molecule has 3 N–H and O–H groups in total. The Morgan fingerprint density at radius 2 is 2.05 bits per heavy atom. The molecule has 0 radical (unpaired) electrons. The molecule has 0 fully saturated rings. The van der Waals surface area contributed by atoms with Crippen molar-refractivity contribution in [3.8, 4) is 0 Å². The van der Waals surface area contributed by atoms with E-state index in [0.717, 1.165) is 6.07 Å². The van der Waals surface area contributed by atoms with Crippen LogP contribution in [0, 0.1) is 5.82 Å². The molecule has 0 aliphatic carbocycles. The molecule has 3 nitrogen and oxygen atoms in total. The minimum Gasteiger partial charge on any atom is -0.398 e. The lowest BCUT2D eigenvalue weighted by Gasteiger charge is -2.09. The van der Waals surface area contributed by atoms with Crippen LogP contribution in [0.4, 0.5) is 15.8 Å². The second-order valence-corrected chi connectivity index (χ2v) is 5.95. The van der Waals surface area contributed by atoms with Gasteiger partial charge in [-0.25, -0.2) is 4.39 Å². The molecule has 0 aliphatic rings. The van der Waals surface area contributed by atoms with E-state index in [9.17, 15) is 9.18 Å². The molecule has 21 heavy (non-hydrogen) atoms. The minimum atomic E-state index is -0.585. The molecule has 2 aromatic rings. The number of nitrogen functional groups attached to an aromatic ring is 1. The van der Waals surface area contributed by atoms with E-state index in [4.69, 9.17) is 28.9 Å². The van der Waals surface area contributed by atoms with Crippen LogP contribution in [0.15, 0.2) is 41.3 Å². The van der Waals surface area contributed by atoms with Gasteiger partial charge in [0.2, 0.25) is 5.91 Å². The Morgan fingerprint density at radius 1 is 1.29 bits per heavy atom. The van der Waals surface area contributed by atoms with Crippen LogP contribution in [0.2, 0.25) is 10.0 Å². The Kier molecular flexibility index (Phi) is 5.33. The van der Waals surface area contributed by atoms with Crippen LogP contribution in [0.5, 0.6) is 0 Å². The number of carbonyl (C=O) groups is 1. The number of nitrogens with one attached hydrogen (secondary N) is 1. The van der Waals surface area contributed by atoms with Crippen molar-refractivity contribution in [1.82, 2.24) is 0 Å². The van der Waals surface area contributed by atoms with Gasteiger partial charge in [-0.05, 0) is 30.3 Å². The number of hydrogen-bond donors (Lipinski definition) is 2. The highest BCUT2D eigenvalue weighted by Gasteiger charge is 2.11. The average molecular weight is 345 g/mol. The Hall–Kier alpha value is -1.43. The number of hydrogen-bond acceptors (Lipinski definition) is 3. The summed E-state index contributed by atoms with van der Waals surface area (Å²) >= 11 is 12.8. The minimum absolute atomic E-state index is 0.0655. The van der Waals surface area contributed by atoms with Crippen molar-refractivity contribution >= 4 is 52.2 Å². The first kappa shape index (κ1) is 15.9. The van der Waals surface area contributed by atoms with Crippen LogP contribution in [0.1, 0.15) is 0 Å². The summed E-state index contributed by atoms with van der Waals surface area (Å²) in [5.41, 5.74) is 6.37. The molecule has 0 saturated carbocycles. The Morgan fingerprint density at radius 3 is 2.71 bits per heavy atom. The van der Waals surface area contributed by atoms with Crippen molar-refractivity contribution in [3.05, 3.63) is 52.3 Å². The summed E-state index contributed by atoms with van der Waals surface area (Å²) in [5, 5.41) is 3.21. The number of amides is 1. The van der Waals surface area contributed by atoms with Crippen LogP contribution in [-0.4, -0.2) is 11.7 Å². The van der Waals surface area contributed by atoms with Gasteiger partial charge in [0.15, 0.2) is 0 Å². The zero-order valence-corrected chi connectivity index (χ0v) is 13.0. The van der Waals surface area contributed by atoms with Crippen molar-refractivity contribution in [2.24, 2.45) is 0 Å². The van der Waals surface area contributed by atoms with Crippen LogP contribution in [0.25, 0.3) is 0 Å². The molecule has 2 rings (SSSR count). The van der Waals surface area contributed by atoms with Crippen LogP contribution in [-0.2, 0) is 4.79 Å². The lowest BCUT2D eigenvalue weighted by atomic mass is 10.3. The van der Waals surface area contributed by atoms with Gasteiger partial charge in [-0.3, -0.25) is 4.79 Å². The molecule has 0 heterocycles. The van der Waals surface area contributed by atoms with Crippen molar-refractivity contribution in [1.29, 1.82) is 0 Å². The summed E-state index contributed by atoms with van der Waals surface area (Å²) < 4.78 is 13.6. The quantitative estimate of drug-likeness (QED) is 0.636. The van der Waals surface area contributed by atoms with Gasteiger partial charge >= 0.3 is 0 Å². The number of carbonyl (C=O) groups excluding carboxylic acids is 1. The number of halogens is 3. The monoisotopic (exact) mass is 344 g/mol. The average Bonchev–Trinajstić information content (AvgIpc) is 2.41. The fraction of sp³-hybridized carbons (Fsp3) is 0.0714. The highest BCUT2D eigenvalue weighted by Crippen LogP contribution is 2.32. The molecule has 0 spiro atoms. The van der Waals surface area contributed by atoms with Crippen LogP contribution < -0.4 is 11.1 Å². The third kappa shape index (κ3) is 4.27. The summed E-state index contributed by atoms with van der Waals surface area (Å²) in [5.74, 6) is -0.880. The van der Waals surface area contributed by atoms with E-state index >= 15 is 0 Å². The molecular weight excluding hydrogens is 334 g/mol. The first-order valence-electron chi connectivity index (χ1n) is 5.89. The fourth-order valence-corrected chi connectivity index (χ4v) is 2.89. The maximum Gasteiger partial charge on any atom is 0.234 e. The third-order valence-electron chi connectivity index (χ3n) is 2.55. The fourth-order valence-electron chi connectivity index (χ4n) is 1.59. The highest BCUT2D eigenvalue weighted by molar-refractivity contribution is 8.00. The molecule has 0 aliphatic heterocycles. The molecule has 0 aromatic heterocycles. The molecule has 1 amide bonds. The number of rotatable bonds is 4. The maximum atomic E-state index is 13.6. The molecule has 110 valence electrons. The van der Waals surface area contributed by atoms with Gasteiger partial charge in [-0.1, -0.05) is 29.3 Å². The number of anilines is 2. The van der Waals surface area contributed by atoms with Gasteiger partial charge in [0.1, 0.15) is 5.82 Å². The topological polar surface area (TPSA) is 55.1 Å². The number of benzene rings is 2. The van der Waals surface area contributed by atoms with E-state index in [2.05, 4.69) is 5.32 Å². The van der Waals surface area contributed by atoms with E-state index in [0.29, 0.717) is 15.6 Å². The Balaban J connectivity index is 1.99. The molecule has 0 bridgehead atoms. The van der Waals surface area contributed by atoms with Gasteiger partial charge in [-0.2, -0.15) is 0 Å². The molecular formula is C14H11Cl2FN2OS. The van der Waals surface area contributed by atoms with E-state index in [1.165, 1.54) is 23.9 Å². The molecule has 7 heteroatoms. The molecule has 0 unspecified atom stereocenters. The first-order valence-corrected chi connectivity index (χ1v) is 7.63. The van der Waals surface area contributed by atoms with Gasteiger partial charge < -0.3 is 11.1 Å². The van der Waals surface area contributed by atoms with E-state index in [-0.39, 0.29) is 22.4 Å². The lowest BCUT2D eigenvalue weighted by Crippen LogP contribution is -2.15. The smallest absolute Gasteiger partial charge is 0.234 e. The van der Waals surface area contributed by atoms with Gasteiger partial charge in [0.25, 0.3) is 0 Å². The predicted octanol–water partition coefficient (Wildman–Crippen LogP) is 4.45. The third-order valence-corrected chi connectivity index (χ3v) is 4.36. The normalized spacial score (nSPS) is 10.4. The second-order valence-electron chi connectivity index (χ2n) is 4.12. The van der Waals surface area contributed by atoms with Crippen LogP contribution in [0.3, 0.4) is 0 Å². The van der Waals surface area contributed by atoms with Crippen molar-refractivity contribution < 1.29 is 9.18 Å². The van der Waals surface area contributed by atoms with Gasteiger partial charge in [0, 0.05) is 15.6 Å². The molecule has 0 saturated heterocycles. The Bertz CT molecular complexity index is 662. The second kappa shape index (κ2) is 7.02. The zero-order chi connectivity index (χ0) is 15.4. The van der Waals surface area contributed by atoms with E-state index in [1.807, 2.05) is 0 Å². The largest absolute Gasteiger partial charge is 0.398 e. The first-order chi connectivity index (χ1) is 9.97. The van der Waals surface area contributed by atoms with Crippen molar-refractivity contribution in [2.45, 2.75) is 4.90 Å². The highest BCUT2D eigenvalue weighted by atomic mass is 35.5. The summed E-state index contributed by atoms with van der Waals surface area (Å²) in [4.78, 5) is 12.5.